The van der Waals surface area contributed by atoms with E-state index in [1.807, 2.05) is 30.3 Å². The van der Waals surface area contributed by atoms with Gasteiger partial charge in [-0.3, -0.25) is 4.79 Å². The summed E-state index contributed by atoms with van der Waals surface area (Å²) in [5.74, 6) is 0.416. The van der Waals surface area contributed by atoms with Crippen molar-refractivity contribution in [3.05, 3.63) is 71.4 Å². The molecule has 1 saturated heterocycles. The summed E-state index contributed by atoms with van der Waals surface area (Å²) < 4.78 is 7.21. The van der Waals surface area contributed by atoms with Crippen molar-refractivity contribution in [3.63, 3.8) is 0 Å². The fourth-order valence-electron chi connectivity index (χ4n) is 3.01. The molecule has 0 saturated carbocycles. The number of rotatable bonds is 5. The van der Waals surface area contributed by atoms with Crippen LogP contribution in [0.5, 0.6) is 0 Å². The van der Waals surface area contributed by atoms with E-state index < -0.39 is 0 Å². The summed E-state index contributed by atoms with van der Waals surface area (Å²) in [6.45, 7) is 2.39. The van der Waals surface area contributed by atoms with Gasteiger partial charge in [-0.1, -0.05) is 24.3 Å². The molecule has 1 atom stereocenters. The average molecular weight is 374 g/mol. The van der Waals surface area contributed by atoms with Gasteiger partial charge in [-0.2, -0.15) is 10.4 Å². The topological polar surface area (TPSA) is 106 Å². The Morgan fingerprint density at radius 3 is 2.79 bits per heavy atom. The molecule has 1 aliphatic rings. The van der Waals surface area contributed by atoms with Gasteiger partial charge in [0.1, 0.15) is 6.07 Å². The number of Topliss-reactive ketones (excluding diaryl/α,β-unsaturated/α-hetero) is 1. The van der Waals surface area contributed by atoms with E-state index in [1.165, 1.54) is 23.3 Å². The standard InChI is InChI=1S/C20H18N6O2/c21-8-17-10-24-20(12-23-17)26-13-16(9-25-26)18(27)7-14-1-3-15(4-2-14)19-11-22-5-6-28-19/h1-4,9-10,12-13,19,22H,5-7,11H2/t19-/m1/s1. The molecule has 4 rings (SSSR count). The van der Waals surface area contributed by atoms with Gasteiger partial charge in [-0.25, -0.2) is 14.6 Å². The third kappa shape index (κ3) is 3.96. The smallest absolute Gasteiger partial charge is 0.171 e. The Morgan fingerprint density at radius 2 is 2.11 bits per heavy atom. The molecule has 0 unspecified atom stereocenters. The van der Waals surface area contributed by atoms with Crippen LogP contribution in [0.25, 0.3) is 5.82 Å². The van der Waals surface area contributed by atoms with E-state index in [0.29, 0.717) is 18.0 Å². The minimum Gasteiger partial charge on any atom is -0.371 e. The van der Waals surface area contributed by atoms with E-state index in [0.717, 1.165) is 24.2 Å². The molecule has 8 nitrogen and oxygen atoms in total. The normalized spacial score (nSPS) is 16.5. The number of nitrogens with zero attached hydrogens (tertiary/aromatic N) is 5. The Bertz CT molecular complexity index is 998. The molecule has 0 radical (unpaired) electrons. The van der Waals surface area contributed by atoms with Gasteiger partial charge in [0, 0.05) is 25.7 Å². The first-order chi connectivity index (χ1) is 13.7. The summed E-state index contributed by atoms with van der Waals surface area (Å²) in [6, 6.07) is 9.85. The zero-order valence-corrected chi connectivity index (χ0v) is 15.1. The molecule has 3 aromatic rings. The van der Waals surface area contributed by atoms with Gasteiger partial charge in [-0.05, 0) is 11.1 Å². The van der Waals surface area contributed by atoms with Crippen LogP contribution in [0.2, 0.25) is 0 Å². The van der Waals surface area contributed by atoms with Crippen molar-refractivity contribution >= 4 is 5.78 Å². The lowest BCUT2D eigenvalue weighted by molar-refractivity contribution is 0.0277. The molecule has 2 aromatic heterocycles. The Morgan fingerprint density at radius 1 is 1.25 bits per heavy atom. The Hall–Kier alpha value is -3.41. The number of carbonyl (C=O) groups excluding carboxylic acids is 1. The third-order valence-corrected chi connectivity index (χ3v) is 4.54. The second-order valence-electron chi connectivity index (χ2n) is 6.45. The highest BCUT2D eigenvalue weighted by Gasteiger charge is 2.16. The number of aromatic nitrogens is 4. The van der Waals surface area contributed by atoms with Crippen LogP contribution in [0.1, 0.15) is 33.3 Å². The maximum atomic E-state index is 12.6. The molecule has 1 N–H and O–H groups in total. The molecular weight excluding hydrogens is 356 g/mol. The maximum Gasteiger partial charge on any atom is 0.171 e. The molecule has 0 aliphatic carbocycles. The highest BCUT2D eigenvalue weighted by atomic mass is 16.5. The zero-order valence-electron chi connectivity index (χ0n) is 15.1. The van der Waals surface area contributed by atoms with Crippen molar-refractivity contribution in [3.8, 4) is 11.9 Å². The largest absolute Gasteiger partial charge is 0.371 e. The van der Waals surface area contributed by atoms with Gasteiger partial charge in [0.05, 0.1) is 36.9 Å². The summed E-state index contributed by atoms with van der Waals surface area (Å²) >= 11 is 0. The minimum atomic E-state index is -0.0313. The Balaban J connectivity index is 1.42. The third-order valence-electron chi connectivity index (χ3n) is 4.54. The Kier molecular flexibility index (Phi) is 5.19. The second-order valence-corrected chi connectivity index (χ2v) is 6.45. The fourth-order valence-corrected chi connectivity index (χ4v) is 3.01. The molecular formula is C20H18N6O2. The number of hydrogen-bond acceptors (Lipinski definition) is 7. The second kappa shape index (κ2) is 8.08. The van der Waals surface area contributed by atoms with E-state index >= 15 is 0 Å². The number of morpholine rings is 1. The molecule has 1 fully saturated rings. The predicted octanol–water partition coefficient (Wildman–Crippen LogP) is 1.62. The summed E-state index contributed by atoms with van der Waals surface area (Å²) in [4.78, 5) is 20.7. The van der Waals surface area contributed by atoms with Crippen molar-refractivity contribution in [1.29, 1.82) is 5.26 Å². The summed E-state index contributed by atoms with van der Waals surface area (Å²) in [6.07, 6.45) is 6.29. The molecule has 0 amide bonds. The number of nitriles is 1. The van der Waals surface area contributed by atoms with E-state index in [9.17, 15) is 4.79 Å². The highest BCUT2D eigenvalue weighted by Crippen LogP contribution is 2.19. The van der Waals surface area contributed by atoms with Crippen LogP contribution in [-0.2, 0) is 11.2 Å². The number of benzene rings is 1. The average Bonchev–Trinajstić information content (AvgIpc) is 3.25. The summed E-state index contributed by atoms with van der Waals surface area (Å²) in [7, 11) is 0. The van der Waals surface area contributed by atoms with E-state index in [2.05, 4.69) is 20.4 Å². The lowest BCUT2D eigenvalue weighted by Gasteiger charge is -2.24. The number of ketones is 1. The first-order valence-electron chi connectivity index (χ1n) is 8.94. The number of hydrogen-bond donors (Lipinski definition) is 1. The van der Waals surface area contributed by atoms with Gasteiger partial charge in [0.2, 0.25) is 0 Å². The summed E-state index contributed by atoms with van der Waals surface area (Å²) in [5, 5.41) is 16.3. The van der Waals surface area contributed by atoms with Crippen LogP contribution in [0, 0.1) is 11.3 Å². The number of ether oxygens (including phenoxy) is 1. The number of nitrogens with one attached hydrogen (secondary N) is 1. The van der Waals surface area contributed by atoms with E-state index in [-0.39, 0.29) is 24.0 Å². The lowest BCUT2D eigenvalue weighted by Crippen LogP contribution is -2.33. The maximum absolute atomic E-state index is 12.6. The van der Waals surface area contributed by atoms with Crippen molar-refractivity contribution in [2.45, 2.75) is 12.5 Å². The van der Waals surface area contributed by atoms with Crippen LogP contribution in [0.4, 0.5) is 0 Å². The molecule has 1 aromatic carbocycles. The van der Waals surface area contributed by atoms with Crippen LogP contribution in [-0.4, -0.2) is 45.2 Å². The lowest BCUT2D eigenvalue weighted by atomic mass is 10.0. The first kappa shape index (κ1) is 18.0. The van der Waals surface area contributed by atoms with Crippen molar-refractivity contribution in [1.82, 2.24) is 25.1 Å². The van der Waals surface area contributed by atoms with Gasteiger partial charge in [0.25, 0.3) is 0 Å². The Labute approximate surface area is 161 Å². The fraction of sp³-hybridized carbons (Fsp3) is 0.250. The van der Waals surface area contributed by atoms with Gasteiger partial charge in [0.15, 0.2) is 17.3 Å². The van der Waals surface area contributed by atoms with Gasteiger partial charge in [-0.15, -0.1) is 0 Å². The molecule has 8 heteroatoms. The first-order valence-corrected chi connectivity index (χ1v) is 8.94. The van der Waals surface area contributed by atoms with E-state index in [1.54, 1.807) is 6.20 Å². The van der Waals surface area contributed by atoms with Crippen molar-refractivity contribution in [2.75, 3.05) is 19.7 Å². The molecule has 0 bridgehead atoms. The molecule has 1 aliphatic heterocycles. The predicted molar refractivity (Wildman–Crippen MR) is 99.9 cm³/mol. The van der Waals surface area contributed by atoms with E-state index in [4.69, 9.17) is 10.00 Å². The molecule has 0 spiro atoms. The molecule has 28 heavy (non-hydrogen) atoms. The van der Waals surface area contributed by atoms with Crippen LogP contribution >= 0.6 is 0 Å². The quantitative estimate of drug-likeness (QED) is 0.677. The summed E-state index contributed by atoms with van der Waals surface area (Å²) in [5.41, 5.74) is 2.76. The number of carbonyl (C=O) groups is 1. The van der Waals surface area contributed by atoms with Crippen LogP contribution < -0.4 is 5.32 Å². The van der Waals surface area contributed by atoms with Gasteiger partial charge < -0.3 is 10.1 Å². The SMILES string of the molecule is N#Cc1cnc(-n2cc(C(=O)Cc3ccc([C@H]4CNCCO4)cc3)cn2)cn1. The highest BCUT2D eigenvalue weighted by molar-refractivity contribution is 5.97. The van der Waals surface area contributed by atoms with Crippen molar-refractivity contribution < 1.29 is 9.53 Å². The van der Waals surface area contributed by atoms with Crippen LogP contribution in [0.3, 0.4) is 0 Å². The van der Waals surface area contributed by atoms with Gasteiger partial charge >= 0.3 is 0 Å². The van der Waals surface area contributed by atoms with Crippen LogP contribution in [0.15, 0.2) is 49.1 Å². The zero-order chi connectivity index (χ0) is 19.3. The molecule has 140 valence electrons. The monoisotopic (exact) mass is 374 g/mol. The molecule has 3 heterocycles. The van der Waals surface area contributed by atoms with Crippen molar-refractivity contribution in [2.24, 2.45) is 0 Å². The minimum absolute atomic E-state index is 0.0313.